The van der Waals surface area contributed by atoms with Crippen molar-refractivity contribution in [2.75, 3.05) is 32.8 Å². The molecule has 3 rings (SSSR count). The van der Waals surface area contributed by atoms with E-state index in [1.54, 1.807) is 10.7 Å². The fourth-order valence-electron chi connectivity index (χ4n) is 2.72. The van der Waals surface area contributed by atoms with Gasteiger partial charge in [-0.2, -0.15) is 5.10 Å². The smallest absolute Gasteiger partial charge is 0.194 e. The van der Waals surface area contributed by atoms with Crippen LogP contribution in [0.3, 0.4) is 0 Å². The molecule has 1 aliphatic rings. The van der Waals surface area contributed by atoms with Gasteiger partial charge in [0.15, 0.2) is 5.05 Å². The first-order valence-corrected chi connectivity index (χ1v) is 8.18. The molecule has 2 aromatic rings. The van der Waals surface area contributed by atoms with Gasteiger partial charge < -0.3 is 9.47 Å². The van der Waals surface area contributed by atoms with Crippen molar-refractivity contribution in [1.82, 2.24) is 14.5 Å². The minimum Gasteiger partial charge on any atom is -0.491 e. The molecule has 0 bridgehead atoms. The first kappa shape index (κ1) is 15.2. The van der Waals surface area contributed by atoms with E-state index < -0.39 is 0 Å². The van der Waals surface area contributed by atoms with Gasteiger partial charge in [-0.15, -0.1) is 0 Å². The Morgan fingerprint density at radius 3 is 2.91 bits per heavy atom. The average Bonchev–Trinajstić information content (AvgIpc) is 3.16. The van der Waals surface area contributed by atoms with Gasteiger partial charge in [0.25, 0.3) is 0 Å². The summed E-state index contributed by atoms with van der Waals surface area (Å²) in [6, 6.07) is 3.93. The predicted octanol–water partition coefficient (Wildman–Crippen LogP) is 2.52. The lowest BCUT2D eigenvalue weighted by Gasteiger charge is -2.14. The van der Waals surface area contributed by atoms with Crippen LogP contribution in [0.1, 0.15) is 25.3 Å². The molecule has 0 radical (unpaired) electrons. The van der Waals surface area contributed by atoms with E-state index in [0.717, 1.165) is 23.4 Å². The highest BCUT2D eigenvalue weighted by Crippen LogP contribution is 2.18. The van der Waals surface area contributed by atoms with Gasteiger partial charge >= 0.3 is 0 Å². The van der Waals surface area contributed by atoms with E-state index >= 15 is 0 Å². The SMILES string of the molecule is CCOC(=S)c1cnn2cc(OCCN3CCCC3)ccc12. The second kappa shape index (κ2) is 7.07. The summed E-state index contributed by atoms with van der Waals surface area (Å²) in [4.78, 5) is 2.44. The maximum absolute atomic E-state index is 5.83. The Morgan fingerprint density at radius 1 is 1.32 bits per heavy atom. The molecule has 118 valence electrons. The molecule has 1 aliphatic heterocycles. The number of likely N-dealkylation sites (tertiary alicyclic amines) is 1. The molecule has 1 saturated heterocycles. The Kier molecular flexibility index (Phi) is 4.90. The van der Waals surface area contributed by atoms with Crippen molar-refractivity contribution >= 4 is 22.8 Å². The third kappa shape index (κ3) is 3.39. The number of hydrogen-bond acceptors (Lipinski definition) is 5. The number of nitrogens with zero attached hydrogens (tertiary/aromatic N) is 3. The van der Waals surface area contributed by atoms with Gasteiger partial charge in [-0.3, -0.25) is 4.90 Å². The van der Waals surface area contributed by atoms with Crippen LogP contribution in [0.25, 0.3) is 5.52 Å². The van der Waals surface area contributed by atoms with Crippen LogP contribution in [-0.4, -0.2) is 52.4 Å². The molecule has 0 saturated carbocycles. The molecule has 0 aliphatic carbocycles. The van der Waals surface area contributed by atoms with Gasteiger partial charge in [-0.1, -0.05) is 0 Å². The Hall–Kier alpha value is -1.66. The first-order valence-electron chi connectivity index (χ1n) is 7.77. The van der Waals surface area contributed by atoms with Crippen molar-refractivity contribution in [3.05, 3.63) is 30.1 Å². The maximum Gasteiger partial charge on any atom is 0.194 e. The molecule has 0 atom stereocenters. The van der Waals surface area contributed by atoms with Crippen molar-refractivity contribution in [3.8, 4) is 5.75 Å². The summed E-state index contributed by atoms with van der Waals surface area (Å²) in [6.07, 6.45) is 6.24. The van der Waals surface area contributed by atoms with Crippen LogP contribution in [0.15, 0.2) is 24.5 Å². The minimum absolute atomic E-state index is 0.486. The van der Waals surface area contributed by atoms with Crippen molar-refractivity contribution in [2.24, 2.45) is 0 Å². The molecule has 0 aromatic carbocycles. The lowest BCUT2D eigenvalue weighted by atomic mass is 10.3. The largest absolute Gasteiger partial charge is 0.491 e. The lowest BCUT2D eigenvalue weighted by molar-refractivity contribution is 0.237. The second-order valence-electron chi connectivity index (χ2n) is 5.37. The Bertz CT molecular complexity index is 650. The number of fused-ring (bicyclic) bond motifs is 1. The van der Waals surface area contributed by atoms with Crippen molar-refractivity contribution in [3.63, 3.8) is 0 Å². The topological polar surface area (TPSA) is 39.0 Å². The lowest BCUT2D eigenvalue weighted by Crippen LogP contribution is -2.25. The Morgan fingerprint density at radius 2 is 2.14 bits per heavy atom. The predicted molar refractivity (Wildman–Crippen MR) is 89.7 cm³/mol. The number of rotatable bonds is 6. The maximum atomic E-state index is 5.83. The van der Waals surface area contributed by atoms with Crippen LogP contribution in [0.2, 0.25) is 0 Å². The third-order valence-corrected chi connectivity index (χ3v) is 4.20. The van der Waals surface area contributed by atoms with Crippen molar-refractivity contribution < 1.29 is 9.47 Å². The molecular formula is C16H21N3O2S. The molecule has 6 heteroatoms. The van der Waals surface area contributed by atoms with Gasteiger partial charge in [0.1, 0.15) is 12.4 Å². The zero-order valence-corrected chi connectivity index (χ0v) is 13.6. The highest BCUT2D eigenvalue weighted by molar-refractivity contribution is 7.80. The van der Waals surface area contributed by atoms with E-state index in [-0.39, 0.29) is 0 Å². The molecule has 0 spiro atoms. The van der Waals surface area contributed by atoms with Gasteiger partial charge in [0.05, 0.1) is 30.1 Å². The van der Waals surface area contributed by atoms with Gasteiger partial charge in [0, 0.05) is 6.54 Å². The van der Waals surface area contributed by atoms with E-state index in [2.05, 4.69) is 10.00 Å². The number of pyridine rings is 1. The molecule has 1 fully saturated rings. The van der Waals surface area contributed by atoms with E-state index in [1.807, 2.05) is 25.3 Å². The fourth-order valence-corrected chi connectivity index (χ4v) is 2.99. The van der Waals surface area contributed by atoms with E-state index in [9.17, 15) is 0 Å². The monoisotopic (exact) mass is 319 g/mol. The van der Waals surface area contributed by atoms with Crippen molar-refractivity contribution in [2.45, 2.75) is 19.8 Å². The summed E-state index contributed by atoms with van der Waals surface area (Å²) >= 11 is 5.25. The zero-order chi connectivity index (χ0) is 15.4. The van der Waals surface area contributed by atoms with Crippen molar-refractivity contribution in [1.29, 1.82) is 0 Å². The molecule has 22 heavy (non-hydrogen) atoms. The first-order chi connectivity index (χ1) is 10.8. The zero-order valence-electron chi connectivity index (χ0n) is 12.8. The molecule has 0 amide bonds. The number of ether oxygens (including phenoxy) is 2. The quantitative estimate of drug-likeness (QED) is 0.765. The standard InChI is InChI=1S/C16H21N3O2S/c1-2-20-16(22)14-11-17-19-12-13(5-6-15(14)19)21-10-9-18-7-3-4-8-18/h5-6,11-12H,2-4,7-10H2,1H3. The van der Waals surface area contributed by atoms with Crippen LogP contribution in [0, 0.1) is 0 Å². The Balaban J connectivity index is 1.64. The van der Waals surface area contributed by atoms with Crippen LogP contribution in [0.5, 0.6) is 5.75 Å². The highest BCUT2D eigenvalue weighted by Gasteiger charge is 2.12. The second-order valence-corrected chi connectivity index (χ2v) is 5.74. The van der Waals surface area contributed by atoms with Gasteiger partial charge in [-0.05, 0) is 57.2 Å². The highest BCUT2D eigenvalue weighted by atomic mass is 32.1. The normalized spacial score (nSPS) is 15.3. The van der Waals surface area contributed by atoms with Gasteiger partial charge in [-0.25, -0.2) is 4.52 Å². The number of aromatic nitrogens is 2. The molecule has 0 unspecified atom stereocenters. The molecule has 5 nitrogen and oxygen atoms in total. The average molecular weight is 319 g/mol. The fraction of sp³-hybridized carbons (Fsp3) is 0.500. The minimum atomic E-state index is 0.486. The summed E-state index contributed by atoms with van der Waals surface area (Å²) in [6.45, 7) is 6.56. The van der Waals surface area contributed by atoms with Crippen LogP contribution in [-0.2, 0) is 4.74 Å². The Labute approximate surface area is 135 Å². The summed E-state index contributed by atoms with van der Waals surface area (Å²) in [5, 5.41) is 4.81. The van der Waals surface area contributed by atoms with Gasteiger partial charge in [0.2, 0.25) is 0 Å². The summed E-state index contributed by atoms with van der Waals surface area (Å²) in [7, 11) is 0. The molecular weight excluding hydrogens is 298 g/mol. The van der Waals surface area contributed by atoms with E-state index in [4.69, 9.17) is 21.7 Å². The number of thiocarbonyl (C=S) groups is 1. The number of hydrogen-bond donors (Lipinski definition) is 0. The summed E-state index contributed by atoms with van der Waals surface area (Å²) in [5.74, 6) is 0.823. The summed E-state index contributed by atoms with van der Waals surface area (Å²) in [5.41, 5.74) is 1.78. The van der Waals surface area contributed by atoms with Crippen LogP contribution >= 0.6 is 12.2 Å². The van der Waals surface area contributed by atoms with E-state index in [0.29, 0.717) is 18.3 Å². The molecule has 0 N–H and O–H groups in total. The summed E-state index contributed by atoms with van der Waals surface area (Å²) < 4.78 is 13.0. The molecule has 2 aromatic heterocycles. The van der Waals surface area contributed by atoms with E-state index in [1.165, 1.54) is 25.9 Å². The third-order valence-electron chi connectivity index (χ3n) is 3.86. The molecule has 3 heterocycles. The van der Waals surface area contributed by atoms with Crippen LogP contribution in [0.4, 0.5) is 0 Å². The van der Waals surface area contributed by atoms with Crippen LogP contribution < -0.4 is 4.74 Å².